The Morgan fingerprint density at radius 3 is 2.12 bits per heavy atom. The zero-order valence-electron chi connectivity index (χ0n) is 16.5. The lowest BCUT2D eigenvalue weighted by Gasteiger charge is -2.08. The average molecular weight is 334 g/mol. The molecule has 0 amide bonds. The largest absolute Gasteiger partial charge is 0.309 e. The lowest BCUT2D eigenvalue weighted by molar-refractivity contribution is 1.11. The Morgan fingerprint density at radius 2 is 1.56 bits per heavy atom. The van der Waals surface area contributed by atoms with E-state index in [4.69, 9.17) is 0 Å². The van der Waals surface area contributed by atoms with Crippen molar-refractivity contribution < 1.29 is 0 Å². The molecule has 3 aromatic rings. The van der Waals surface area contributed by atoms with E-state index < -0.39 is 0 Å². The van der Waals surface area contributed by atoms with E-state index in [9.17, 15) is 0 Å². The fourth-order valence-corrected chi connectivity index (χ4v) is 2.85. The molecule has 0 unspecified atom stereocenters. The molecule has 132 valence electrons. The van der Waals surface area contributed by atoms with Crippen LogP contribution in [0.2, 0.25) is 0 Å². The normalized spacial score (nSPS) is 10.0. The summed E-state index contributed by atoms with van der Waals surface area (Å²) < 4.78 is 2.27. The van der Waals surface area contributed by atoms with Gasteiger partial charge in [-0.1, -0.05) is 76.3 Å². The van der Waals surface area contributed by atoms with Crippen LogP contribution in [0.15, 0.2) is 61.2 Å². The van der Waals surface area contributed by atoms with Crippen LogP contribution in [0.4, 0.5) is 0 Å². The number of benzene rings is 2. The van der Waals surface area contributed by atoms with Gasteiger partial charge in [0.2, 0.25) is 0 Å². The number of hydrogen-bond donors (Lipinski definition) is 0. The van der Waals surface area contributed by atoms with Gasteiger partial charge in [-0.3, -0.25) is 0 Å². The number of para-hydroxylation sites is 1. The first-order valence-corrected chi connectivity index (χ1v) is 9.22. The van der Waals surface area contributed by atoms with Crippen LogP contribution in [0, 0.1) is 6.92 Å². The Balaban J connectivity index is 0.000000730. The second-order valence-corrected chi connectivity index (χ2v) is 5.19. The van der Waals surface area contributed by atoms with Gasteiger partial charge in [0, 0.05) is 16.6 Å². The highest BCUT2D eigenvalue weighted by atomic mass is 15.0. The molecule has 1 aromatic heterocycles. The van der Waals surface area contributed by atoms with Gasteiger partial charge in [0.05, 0.1) is 11.2 Å². The number of allylic oxidation sites excluding steroid dienone is 1. The van der Waals surface area contributed by atoms with Gasteiger partial charge in [-0.15, -0.1) is 0 Å². The number of nitrogens with zero attached hydrogens (tertiary/aromatic N) is 1. The molecular formula is C24H31N. The lowest BCUT2D eigenvalue weighted by Crippen LogP contribution is -1.96. The summed E-state index contributed by atoms with van der Waals surface area (Å²) in [6, 6.07) is 17.0. The highest BCUT2D eigenvalue weighted by Gasteiger charge is 2.14. The van der Waals surface area contributed by atoms with E-state index in [1.54, 1.807) is 0 Å². The van der Waals surface area contributed by atoms with Crippen molar-refractivity contribution in [2.24, 2.45) is 0 Å². The molecular weight excluding hydrogens is 302 g/mol. The first-order valence-electron chi connectivity index (χ1n) is 9.22. The Morgan fingerprint density at radius 1 is 0.920 bits per heavy atom. The van der Waals surface area contributed by atoms with Crippen molar-refractivity contribution in [1.29, 1.82) is 0 Å². The van der Waals surface area contributed by atoms with Crippen LogP contribution in [0.1, 0.15) is 51.4 Å². The molecule has 0 aliphatic heterocycles. The summed E-state index contributed by atoms with van der Waals surface area (Å²) in [4.78, 5) is 0. The zero-order valence-corrected chi connectivity index (χ0v) is 16.5. The van der Waals surface area contributed by atoms with Gasteiger partial charge in [0.15, 0.2) is 0 Å². The molecule has 0 spiro atoms. The average Bonchev–Trinajstić information content (AvgIpc) is 2.99. The molecule has 3 rings (SSSR count). The van der Waals surface area contributed by atoms with Gasteiger partial charge in [0.1, 0.15) is 0 Å². The SMILES string of the molecule is C=Cc1c(/C=C\C)c2cc(C)ccc2n1-c1ccccc1.CC.CC. The molecule has 2 aromatic carbocycles. The molecule has 0 saturated carbocycles. The first-order chi connectivity index (χ1) is 12.3. The molecule has 0 N–H and O–H groups in total. The van der Waals surface area contributed by atoms with Gasteiger partial charge in [-0.25, -0.2) is 0 Å². The highest BCUT2D eigenvalue weighted by Crippen LogP contribution is 2.32. The Labute approximate surface area is 153 Å². The van der Waals surface area contributed by atoms with Gasteiger partial charge in [0.25, 0.3) is 0 Å². The van der Waals surface area contributed by atoms with Gasteiger partial charge in [-0.2, -0.15) is 0 Å². The summed E-state index contributed by atoms with van der Waals surface area (Å²) in [7, 11) is 0. The fraction of sp³-hybridized carbons (Fsp3) is 0.250. The van der Waals surface area contributed by atoms with Crippen LogP contribution < -0.4 is 0 Å². The smallest absolute Gasteiger partial charge is 0.0541 e. The maximum Gasteiger partial charge on any atom is 0.0541 e. The van der Waals surface area contributed by atoms with E-state index in [1.807, 2.05) is 46.8 Å². The minimum absolute atomic E-state index is 1.14. The Bertz CT molecular complexity index is 820. The van der Waals surface area contributed by atoms with E-state index in [2.05, 4.69) is 72.7 Å². The second kappa shape index (κ2) is 10.4. The standard InChI is InChI=1S/C20H19N.2C2H6/c1-4-9-17-18-14-15(3)12-13-20(18)21(19(17)5-2)16-10-7-6-8-11-16;2*1-2/h4-14H,2H2,1,3H3;2*1-2H3/b9-4-;;. The van der Waals surface area contributed by atoms with Crippen molar-refractivity contribution >= 4 is 23.1 Å². The third kappa shape index (κ3) is 4.30. The number of fused-ring (bicyclic) bond motifs is 1. The molecule has 1 heterocycles. The number of aromatic nitrogens is 1. The number of rotatable bonds is 3. The molecule has 0 aliphatic rings. The molecule has 1 nitrogen and oxygen atoms in total. The van der Waals surface area contributed by atoms with Gasteiger partial charge < -0.3 is 4.57 Å². The first kappa shape index (κ1) is 20.5. The second-order valence-electron chi connectivity index (χ2n) is 5.19. The topological polar surface area (TPSA) is 4.93 Å². The lowest BCUT2D eigenvalue weighted by atomic mass is 10.1. The van der Waals surface area contributed by atoms with Crippen LogP contribution >= 0.6 is 0 Å². The molecule has 0 radical (unpaired) electrons. The zero-order chi connectivity index (χ0) is 18.8. The molecule has 0 bridgehead atoms. The van der Waals surface area contributed by atoms with E-state index >= 15 is 0 Å². The minimum atomic E-state index is 1.14. The molecule has 0 aliphatic carbocycles. The summed E-state index contributed by atoms with van der Waals surface area (Å²) >= 11 is 0. The quantitative estimate of drug-likeness (QED) is 0.463. The molecule has 25 heavy (non-hydrogen) atoms. The van der Waals surface area contributed by atoms with Crippen molar-refractivity contribution in [3.05, 3.63) is 78.0 Å². The van der Waals surface area contributed by atoms with Crippen molar-refractivity contribution in [1.82, 2.24) is 4.57 Å². The van der Waals surface area contributed by atoms with Gasteiger partial charge in [-0.05, 0) is 44.2 Å². The summed E-state index contributed by atoms with van der Waals surface area (Å²) in [5.74, 6) is 0. The summed E-state index contributed by atoms with van der Waals surface area (Å²) in [5, 5.41) is 1.27. The Kier molecular flexibility index (Phi) is 8.49. The van der Waals surface area contributed by atoms with Gasteiger partial charge >= 0.3 is 0 Å². The van der Waals surface area contributed by atoms with Crippen molar-refractivity contribution in [2.75, 3.05) is 0 Å². The van der Waals surface area contributed by atoms with E-state index in [1.165, 1.54) is 22.0 Å². The Hall–Kier alpha value is -2.54. The molecule has 0 atom stereocenters. The third-order valence-corrected chi connectivity index (χ3v) is 3.74. The maximum absolute atomic E-state index is 4.02. The van der Waals surface area contributed by atoms with Crippen molar-refractivity contribution in [2.45, 2.75) is 41.5 Å². The summed E-state index contributed by atoms with van der Waals surface area (Å²) in [6.45, 7) is 16.2. The fourth-order valence-electron chi connectivity index (χ4n) is 2.85. The number of aryl methyl sites for hydroxylation is 1. The van der Waals surface area contributed by atoms with Crippen molar-refractivity contribution in [3.63, 3.8) is 0 Å². The molecule has 1 heteroatoms. The highest BCUT2D eigenvalue weighted by molar-refractivity contribution is 5.95. The maximum atomic E-state index is 4.02. The summed E-state index contributed by atoms with van der Waals surface area (Å²) in [5.41, 5.74) is 6.02. The van der Waals surface area contributed by atoms with Crippen LogP contribution in [-0.2, 0) is 0 Å². The van der Waals surface area contributed by atoms with E-state index in [0.29, 0.717) is 0 Å². The van der Waals surface area contributed by atoms with E-state index in [0.717, 1.165) is 11.4 Å². The van der Waals surface area contributed by atoms with Crippen LogP contribution in [0.5, 0.6) is 0 Å². The van der Waals surface area contributed by atoms with Crippen LogP contribution in [-0.4, -0.2) is 4.57 Å². The van der Waals surface area contributed by atoms with E-state index in [-0.39, 0.29) is 0 Å². The third-order valence-electron chi connectivity index (χ3n) is 3.74. The summed E-state index contributed by atoms with van der Waals surface area (Å²) in [6.07, 6.45) is 6.19. The van der Waals surface area contributed by atoms with Crippen LogP contribution in [0.3, 0.4) is 0 Å². The van der Waals surface area contributed by atoms with Crippen LogP contribution in [0.25, 0.3) is 28.7 Å². The van der Waals surface area contributed by atoms with Crippen molar-refractivity contribution in [3.8, 4) is 5.69 Å². The number of hydrogen-bond acceptors (Lipinski definition) is 0. The molecule has 0 fully saturated rings. The predicted octanol–water partition coefficient (Wildman–Crippen LogP) is 7.67. The monoisotopic (exact) mass is 333 g/mol. The minimum Gasteiger partial charge on any atom is -0.309 e. The predicted molar refractivity (Wildman–Crippen MR) is 116 cm³/mol. The molecule has 0 saturated heterocycles.